The van der Waals surface area contributed by atoms with Crippen molar-refractivity contribution in [2.75, 3.05) is 6.61 Å². The van der Waals surface area contributed by atoms with Crippen LogP contribution in [0.15, 0.2) is 18.2 Å². The number of benzene rings is 1. The van der Waals surface area contributed by atoms with Crippen molar-refractivity contribution in [1.29, 1.82) is 0 Å². The van der Waals surface area contributed by atoms with Gasteiger partial charge < -0.3 is 10.5 Å². The molecule has 1 aromatic carbocycles. The normalized spacial score (nSPS) is 13.4. The van der Waals surface area contributed by atoms with Crippen LogP contribution in [0.4, 0.5) is 0 Å². The van der Waals surface area contributed by atoms with Crippen molar-refractivity contribution >= 4 is 11.6 Å². The SMILES string of the molecule is C[C@@H](N)c1ccc(OCCCC(C)(C)C)c(Cl)c1. The van der Waals surface area contributed by atoms with Gasteiger partial charge >= 0.3 is 0 Å². The first-order valence-corrected chi connectivity index (χ1v) is 6.85. The summed E-state index contributed by atoms with van der Waals surface area (Å²) < 4.78 is 5.69. The molecule has 102 valence electrons. The third kappa shape index (κ3) is 5.28. The molecule has 0 spiro atoms. The molecule has 1 rings (SSSR count). The van der Waals surface area contributed by atoms with Crippen LogP contribution < -0.4 is 10.5 Å². The van der Waals surface area contributed by atoms with Crippen LogP contribution in [0.3, 0.4) is 0 Å². The highest BCUT2D eigenvalue weighted by Gasteiger charge is 2.10. The second-order valence-electron chi connectivity index (χ2n) is 5.99. The van der Waals surface area contributed by atoms with Crippen LogP contribution in [0.2, 0.25) is 5.02 Å². The first-order valence-electron chi connectivity index (χ1n) is 6.47. The Kier molecular flexibility index (Phi) is 5.48. The van der Waals surface area contributed by atoms with Gasteiger partial charge in [0.1, 0.15) is 5.75 Å². The topological polar surface area (TPSA) is 35.2 Å². The summed E-state index contributed by atoms with van der Waals surface area (Å²) >= 11 is 6.16. The Bertz CT molecular complexity index is 383. The van der Waals surface area contributed by atoms with E-state index in [2.05, 4.69) is 20.8 Å². The van der Waals surface area contributed by atoms with E-state index in [1.54, 1.807) is 0 Å². The molecule has 0 heterocycles. The van der Waals surface area contributed by atoms with E-state index in [1.165, 1.54) is 0 Å². The molecule has 0 aliphatic heterocycles. The molecule has 0 aliphatic carbocycles. The van der Waals surface area contributed by atoms with E-state index < -0.39 is 0 Å². The zero-order valence-electron chi connectivity index (χ0n) is 11.8. The second-order valence-corrected chi connectivity index (χ2v) is 6.40. The van der Waals surface area contributed by atoms with E-state index in [0.29, 0.717) is 17.0 Å². The lowest BCUT2D eigenvalue weighted by Gasteiger charge is -2.18. The quantitative estimate of drug-likeness (QED) is 0.795. The van der Waals surface area contributed by atoms with Gasteiger partial charge in [0.25, 0.3) is 0 Å². The summed E-state index contributed by atoms with van der Waals surface area (Å²) in [6.45, 7) is 9.34. The van der Waals surface area contributed by atoms with Gasteiger partial charge in [-0.25, -0.2) is 0 Å². The first-order chi connectivity index (χ1) is 8.29. The average molecular weight is 270 g/mol. The summed E-state index contributed by atoms with van der Waals surface area (Å²) in [7, 11) is 0. The number of hydrogen-bond donors (Lipinski definition) is 1. The summed E-state index contributed by atoms with van der Waals surface area (Å²) in [5.41, 5.74) is 7.19. The van der Waals surface area contributed by atoms with E-state index in [1.807, 2.05) is 25.1 Å². The average Bonchev–Trinajstić information content (AvgIpc) is 2.24. The monoisotopic (exact) mass is 269 g/mol. The van der Waals surface area contributed by atoms with Crippen LogP contribution in [0.5, 0.6) is 5.75 Å². The van der Waals surface area contributed by atoms with Crippen LogP contribution in [0.25, 0.3) is 0 Å². The number of rotatable bonds is 5. The lowest BCUT2D eigenvalue weighted by Crippen LogP contribution is -2.08. The Balaban J connectivity index is 2.48. The van der Waals surface area contributed by atoms with Gasteiger partial charge in [0.15, 0.2) is 0 Å². The van der Waals surface area contributed by atoms with Gasteiger partial charge in [-0.1, -0.05) is 38.4 Å². The predicted octanol–water partition coefficient (Wildman–Crippen LogP) is 4.56. The van der Waals surface area contributed by atoms with Crippen LogP contribution >= 0.6 is 11.6 Å². The molecule has 0 radical (unpaired) electrons. The number of ether oxygens (including phenoxy) is 1. The highest BCUT2D eigenvalue weighted by molar-refractivity contribution is 6.32. The molecule has 0 bridgehead atoms. The van der Waals surface area contributed by atoms with Gasteiger partial charge in [-0.15, -0.1) is 0 Å². The van der Waals surface area contributed by atoms with Gasteiger partial charge in [-0.05, 0) is 42.9 Å². The van der Waals surface area contributed by atoms with E-state index in [-0.39, 0.29) is 6.04 Å². The molecular formula is C15H24ClNO. The molecule has 0 saturated heterocycles. The number of hydrogen-bond acceptors (Lipinski definition) is 2. The smallest absolute Gasteiger partial charge is 0.137 e. The number of halogens is 1. The third-order valence-corrected chi connectivity index (χ3v) is 3.11. The highest BCUT2D eigenvalue weighted by Crippen LogP contribution is 2.28. The van der Waals surface area contributed by atoms with Crippen LogP contribution in [0.1, 0.15) is 52.1 Å². The third-order valence-electron chi connectivity index (χ3n) is 2.81. The van der Waals surface area contributed by atoms with Crippen LogP contribution in [-0.2, 0) is 0 Å². The van der Waals surface area contributed by atoms with Crippen molar-refractivity contribution in [3.8, 4) is 5.75 Å². The Morgan fingerprint density at radius 1 is 1.33 bits per heavy atom. The van der Waals surface area contributed by atoms with Crippen molar-refractivity contribution in [3.63, 3.8) is 0 Å². The lowest BCUT2D eigenvalue weighted by atomic mass is 9.91. The zero-order valence-corrected chi connectivity index (χ0v) is 12.6. The fourth-order valence-electron chi connectivity index (χ4n) is 1.70. The van der Waals surface area contributed by atoms with E-state index in [0.717, 1.165) is 24.2 Å². The summed E-state index contributed by atoms with van der Waals surface area (Å²) in [6, 6.07) is 5.75. The maximum atomic E-state index is 6.16. The largest absolute Gasteiger partial charge is 0.492 e. The molecule has 0 aromatic heterocycles. The minimum atomic E-state index is -0.00237. The number of nitrogens with two attached hydrogens (primary N) is 1. The van der Waals surface area contributed by atoms with Gasteiger partial charge in [-0.2, -0.15) is 0 Å². The van der Waals surface area contributed by atoms with Crippen molar-refractivity contribution in [2.45, 2.75) is 46.6 Å². The van der Waals surface area contributed by atoms with E-state index in [9.17, 15) is 0 Å². The van der Waals surface area contributed by atoms with Crippen molar-refractivity contribution in [1.82, 2.24) is 0 Å². The fraction of sp³-hybridized carbons (Fsp3) is 0.600. The van der Waals surface area contributed by atoms with Crippen molar-refractivity contribution in [2.24, 2.45) is 11.1 Å². The molecule has 0 aliphatic rings. The molecule has 1 atom stereocenters. The van der Waals surface area contributed by atoms with Gasteiger partial charge in [0.05, 0.1) is 11.6 Å². The Hall–Kier alpha value is -0.730. The molecule has 0 amide bonds. The molecule has 2 nitrogen and oxygen atoms in total. The minimum absolute atomic E-state index is 0.00237. The van der Waals surface area contributed by atoms with Crippen molar-refractivity contribution in [3.05, 3.63) is 28.8 Å². The second kappa shape index (κ2) is 6.44. The first kappa shape index (κ1) is 15.3. The summed E-state index contributed by atoms with van der Waals surface area (Å²) in [4.78, 5) is 0. The fourth-order valence-corrected chi connectivity index (χ4v) is 1.95. The van der Waals surface area contributed by atoms with Gasteiger partial charge in [0.2, 0.25) is 0 Å². The lowest BCUT2D eigenvalue weighted by molar-refractivity contribution is 0.269. The Morgan fingerprint density at radius 2 is 2.00 bits per heavy atom. The van der Waals surface area contributed by atoms with Crippen molar-refractivity contribution < 1.29 is 4.74 Å². The highest BCUT2D eigenvalue weighted by atomic mass is 35.5. The van der Waals surface area contributed by atoms with E-state index in [4.69, 9.17) is 22.1 Å². The molecule has 3 heteroatoms. The maximum absolute atomic E-state index is 6.16. The molecular weight excluding hydrogens is 246 g/mol. The molecule has 0 saturated carbocycles. The van der Waals surface area contributed by atoms with Crippen LogP contribution in [0, 0.1) is 5.41 Å². The summed E-state index contributed by atoms with van der Waals surface area (Å²) in [5.74, 6) is 0.745. The molecule has 2 N–H and O–H groups in total. The Morgan fingerprint density at radius 3 is 2.50 bits per heavy atom. The molecule has 0 unspecified atom stereocenters. The van der Waals surface area contributed by atoms with Gasteiger partial charge in [-0.3, -0.25) is 0 Å². The van der Waals surface area contributed by atoms with Crippen LogP contribution in [-0.4, -0.2) is 6.61 Å². The minimum Gasteiger partial charge on any atom is -0.492 e. The maximum Gasteiger partial charge on any atom is 0.137 e. The van der Waals surface area contributed by atoms with Gasteiger partial charge in [0, 0.05) is 6.04 Å². The molecule has 1 aromatic rings. The standard InChI is InChI=1S/C15H24ClNO/c1-11(17)12-6-7-14(13(16)10-12)18-9-5-8-15(2,3)4/h6-7,10-11H,5,8-9,17H2,1-4H3/t11-/m1/s1. The predicted molar refractivity (Wildman–Crippen MR) is 78.2 cm³/mol. The Labute approximate surface area is 115 Å². The van der Waals surface area contributed by atoms with E-state index >= 15 is 0 Å². The summed E-state index contributed by atoms with van der Waals surface area (Å²) in [5, 5.41) is 0.639. The molecule has 18 heavy (non-hydrogen) atoms. The summed E-state index contributed by atoms with van der Waals surface area (Å²) in [6.07, 6.45) is 2.18. The zero-order chi connectivity index (χ0) is 13.8. The molecule has 0 fully saturated rings.